The molecule has 0 aliphatic rings. The number of hydrogen-bond donors (Lipinski definition) is 0. The largest absolute Gasteiger partial charge is 0.496 e. The standard InChI is InChI=1S/C15H12N2O4S/c1-19-11-6-3-2-5-10(11)14-16-13(21-17-14)9-20-15(18)12-7-4-8-22-12/h2-8H,9H2,1H3. The summed E-state index contributed by atoms with van der Waals surface area (Å²) in [5.74, 6) is 0.850. The summed E-state index contributed by atoms with van der Waals surface area (Å²) in [6, 6.07) is 10.8. The molecule has 2 aromatic heterocycles. The maximum Gasteiger partial charge on any atom is 0.348 e. The summed E-state index contributed by atoms with van der Waals surface area (Å²) < 4.78 is 15.5. The van der Waals surface area contributed by atoms with Crippen LogP contribution in [0.3, 0.4) is 0 Å². The predicted molar refractivity (Wildman–Crippen MR) is 79.7 cm³/mol. The van der Waals surface area contributed by atoms with Gasteiger partial charge in [-0.2, -0.15) is 4.98 Å². The molecule has 0 aliphatic carbocycles. The first-order chi connectivity index (χ1) is 10.8. The Kier molecular flexibility index (Phi) is 4.15. The van der Waals surface area contributed by atoms with Crippen molar-refractivity contribution >= 4 is 17.3 Å². The molecule has 0 bridgehead atoms. The van der Waals surface area contributed by atoms with Gasteiger partial charge in [0.2, 0.25) is 5.82 Å². The van der Waals surface area contributed by atoms with Crippen LogP contribution in [0.4, 0.5) is 0 Å². The topological polar surface area (TPSA) is 74.5 Å². The third-order valence-corrected chi connectivity index (χ3v) is 3.71. The van der Waals surface area contributed by atoms with Gasteiger partial charge in [-0.15, -0.1) is 11.3 Å². The smallest absolute Gasteiger partial charge is 0.348 e. The number of para-hydroxylation sites is 1. The van der Waals surface area contributed by atoms with Gasteiger partial charge in [0.05, 0.1) is 12.7 Å². The van der Waals surface area contributed by atoms with Crippen molar-refractivity contribution in [3.8, 4) is 17.1 Å². The van der Waals surface area contributed by atoms with Gasteiger partial charge in [0.25, 0.3) is 5.89 Å². The average Bonchev–Trinajstić information content (AvgIpc) is 3.24. The van der Waals surface area contributed by atoms with E-state index in [1.165, 1.54) is 11.3 Å². The van der Waals surface area contributed by atoms with Gasteiger partial charge >= 0.3 is 5.97 Å². The maximum absolute atomic E-state index is 11.7. The van der Waals surface area contributed by atoms with E-state index in [-0.39, 0.29) is 12.5 Å². The van der Waals surface area contributed by atoms with Crippen LogP contribution in [0.25, 0.3) is 11.4 Å². The molecule has 0 spiro atoms. The summed E-state index contributed by atoms with van der Waals surface area (Å²) in [6.45, 7) is -0.0706. The Labute approximate surface area is 130 Å². The minimum absolute atomic E-state index is 0.0706. The zero-order valence-corrected chi connectivity index (χ0v) is 12.5. The number of aromatic nitrogens is 2. The van der Waals surface area contributed by atoms with E-state index in [1.54, 1.807) is 19.2 Å². The Morgan fingerprint density at radius 1 is 1.27 bits per heavy atom. The number of esters is 1. The van der Waals surface area contributed by atoms with Crippen LogP contribution in [0.1, 0.15) is 15.6 Å². The van der Waals surface area contributed by atoms with Gasteiger partial charge in [0, 0.05) is 0 Å². The van der Waals surface area contributed by atoms with Crippen molar-refractivity contribution in [1.82, 2.24) is 10.1 Å². The van der Waals surface area contributed by atoms with E-state index < -0.39 is 5.97 Å². The van der Waals surface area contributed by atoms with Crippen molar-refractivity contribution in [2.75, 3.05) is 7.11 Å². The summed E-state index contributed by atoms with van der Waals surface area (Å²) in [6.07, 6.45) is 0. The van der Waals surface area contributed by atoms with Crippen molar-refractivity contribution in [3.63, 3.8) is 0 Å². The van der Waals surface area contributed by atoms with E-state index in [9.17, 15) is 4.79 Å². The van der Waals surface area contributed by atoms with Crippen LogP contribution < -0.4 is 4.74 Å². The molecule has 112 valence electrons. The van der Waals surface area contributed by atoms with Crippen LogP contribution in [0, 0.1) is 0 Å². The highest BCUT2D eigenvalue weighted by Gasteiger charge is 2.15. The molecule has 0 N–H and O–H groups in total. The molecule has 3 rings (SSSR count). The van der Waals surface area contributed by atoms with E-state index in [2.05, 4.69) is 10.1 Å². The number of rotatable bonds is 5. The third kappa shape index (κ3) is 2.99. The van der Waals surface area contributed by atoms with Crippen LogP contribution in [-0.4, -0.2) is 23.2 Å². The Bertz CT molecular complexity index is 767. The molecule has 0 saturated carbocycles. The van der Waals surface area contributed by atoms with Crippen molar-refractivity contribution in [1.29, 1.82) is 0 Å². The molecule has 2 heterocycles. The molecule has 0 radical (unpaired) electrons. The zero-order valence-electron chi connectivity index (χ0n) is 11.7. The third-order valence-electron chi connectivity index (χ3n) is 2.87. The summed E-state index contributed by atoms with van der Waals surface area (Å²) in [5.41, 5.74) is 0.713. The lowest BCUT2D eigenvalue weighted by Gasteiger charge is -2.03. The number of hydrogen-bond acceptors (Lipinski definition) is 7. The minimum Gasteiger partial charge on any atom is -0.496 e. The van der Waals surface area contributed by atoms with Crippen LogP contribution in [-0.2, 0) is 11.3 Å². The van der Waals surface area contributed by atoms with Crippen LogP contribution in [0.5, 0.6) is 5.75 Å². The average molecular weight is 316 g/mol. The Morgan fingerprint density at radius 3 is 2.91 bits per heavy atom. The minimum atomic E-state index is -0.410. The predicted octanol–water partition coefficient (Wildman–Crippen LogP) is 3.16. The van der Waals surface area contributed by atoms with Gasteiger partial charge in [-0.05, 0) is 23.6 Å². The highest BCUT2D eigenvalue weighted by atomic mass is 32.1. The monoisotopic (exact) mass is 316 g/mol. The fourth-order valence-electron chi connectivity index (χ4n) is 1.85. The zero-order chi connectivity index (χ0) is 15.4. The number of nitrogens with zero attached hydrogens (tertiary/aromatic N) is 2. The van der Waals surface area contributed by atoms with Crippen molar-refractivity contribution in [2.45, 2.75) is 6.61 Å². The molecule has 1 aromatic carbocycles. The van der Waals surface area contributed by atoms with E-state index in [0.29, 0.717) is 22.0 Å². The van der Waals surface area contributed by atoms with Crippen molar-refractivity contribution in [2.24, 2.45) is 0 Å². The normalized spacial score (nSPS) is 10.4. The maximum atomic E-state index is 11.7. The molecule has 3 aromatic rings. The number of carbonyl (C=O) groups is 1. The van der Waals surface area contributed by atoms with Crippen LogP contribution in [0.2, 0.25) is 0 Å². The molecular weight excluding hydrogens is 304 g/mol. The molecule has 0 unspecified atom stereocenters. The lowest BCUT2D eigenvalue weighted by atomic mass is 10.2. The number of thiophene rings is 1. The van der Waals surface area contributed by atoms with Gasteiger partial charge in [-0.3, -0.25) is 0 Å². The fourth-order valence-corrected chi connectivity index (χ4v) is 2.46. The van der Waals surface area contributed by atoms with Gasteiger partial charge in [0.1, 0.15) is 10.6 Å². The van der Waals surface area contributed by atoms with E-state index in [0.717, 1.165) is 0 Å². The number of ether oxygens (including phenoxy) is 2. The molecule has 22 heavy (non-hydrogen) atoms. The Morgan fingerprint density at radius 2 is 2.14 bits per heavy atom. The summed E-state index contributed by atoms with van der Waals surface area (Å²) in [7, 11) is 1.57. The summed E-state index contributed by atoms with van der Waals surface area (Å²) in [4.78, 5) is 16.5. The van der Waals surface area contributed by atoms with E-state index >= 15 is 0 Å². The highest BCUT2D eigenvalue weighted by molar-refractivity contribution is 7.11. The first-order valence-electron chi connectivity index (χ1n) is 6.44. The molecule has 0 saturated heterocycles. The molecule has 0 fully saturated rings. The van der Waals surface area contributed by atoms with Gasteiger partial charge in [-0.25, -0.2) is 4.79 Å². The van der Waals surface area contributed by atoms with E-state index in [1.807, 2.05) is 29.6 Å². The molecule has 0 amide bonds. The van der Waals surface area contributed by atoms with Gasteiger partial charge < -0.3 is 14.0 Å². The molecule has 6 nitrogen and oxygen atoms in total. The number of carbonyl (C=O) groups excluding carboxylic acids is 1. The second-order valence-corrected chi connectivity index (χ2v) is 5.21. The lowest BCUT2D eigenvalue weighted by Crippen LogP contribution is -2.03. The first-order valence-corrected chi connectivity index (χ1v) is 7.32. The van der Waals surface area contributed by atoms with Gasteiger partial charge in [-0.1, -0.05) is 23.4 Å². The lowest BCUT2D eigenvalue weighted by molar-refractivity contribution is 0.0435. The number of benzene rings is 1. The van der Waals surface area contributed by atoms with Crippen LogP contribution in [0.15, 0.2) is 46.3 Å². The molecule has 0 atom stereocenters. The van der Waals surface area contributed by atoms with E-state index in [4.69, 9.17) is 14.0 Å². The summed E-state index contributed by atoms with van der Waals surface area (Å²) >= 11 is 1.32. The molecule has 0 aliphatic heterocycles. The van der Waals surface area contributed by atoms with Crippen LogP contribution >= 0.6 is 11.3 Å². The van der Waals surface area contributed by atoms with Crippen molar-refractivity contribution in [3.05, 3.63) is 52.5 Å². The van der Waals surface area contributed by atoms with Crippen molar-refractivity contribution < 1.29 is 18.8 Å². The Hall–Kier alpha value is -2.67. The van der Waals surface area contributed by atoms with Gasteiger partial charge in [0.15, 0.2) is 6.61 Å². The Balaban J connectivity index is 1.70. The first kappa shape index (κ1) is 14.3. The highest BCUT2D eigenvalue weighted by Crippen LogP contribution is 2.27. The fraction of sp³-hybridized carbons (Fsp3) is 0.133. The second-order valence-electron chi connectivity index (χ2n) is 4.27. The molecule has 7 heteroatoms. The molecular formula is C15H12N2O4S. The second kappa shape index (κ2) is 6.40. The summed E-state index contributed by atoms with van der Waals surface area (Å²) in [5, 5.41) is 5.69. The number of methoxy groups -OCH3 is 1. The quantitative estimate of drug-likeness (QED) is 0.673. The SMILES string of the molecule is COc1ccccc1-c1noc(COC(=O)c2cccs2)n1.